The predicted octanol–water partition coefficient (Wildman–Crippen LogP) is 21.1. The van der Waals surface area contributed by atoms with Gasteiger partial charge in [-0.2, -0.15) is 0 Å². The molecule has 0 radical (unpaired) electrons. The number of anilines is 4. The van der Waals surface area contributed by atoms with Gasteiger partial charge in [0.15, 0.2) is 46.5 Å². The van der Waals surface area contributed by atoms with E-state index in [0.29, 0.717) is 49.9 Å². The minimum Gasteiger partial charge on any atom is -0.329 e. The highest BCUT2D eigenvalue weighted by molar-refractivity contribution is 6.27. The molecule has 0 saturated heterocycles. The summed E-state index contributed by atoms with van der Waals surface area (Å²) in [5.74, 6) is -19.9. The van der Waals surface area contributed by atoms with Crippen molar-refractivity contribution < 1.29 is 43.9 Å². The summed E-state index contributed by atoms with van der Waals surface area (Å²) in [7, 11) is 0. The van der Waals surface area contributed by atoms with E-state index < -0.39 is 96.9 Å². The summed E-state index contributed by atoms with van der Waals surface area (Å²) in [4.78, 5) is 2.74. The van der Waals surface area contributed by atoms with Crippen molar-refractivity contribution in [1.29, 1.82) is 0 Å². The molecule has 0 aromatic heterocycles. The van der Waals surface area contributed by atoms with Crippen LogP contribution in [-0.4, -0.2) is 11.1 Å². The van der Waals surface area contributed by atoms with Crippen LogP contribution in [0.25, 0.3) is 76.8 Å². The number of rotatable bonds is 4. The van der Waals surface area contributed by atoms with Crippen LogP contribution in [0.5, 0.6) is 0 Å². The van der Waals surface area contributed by atoms with Gasteiger partial charge in [0.05, 0.1) is 16.5 Å². The molecule has 4 aliphatic carbocycles. The Hall–Kier alpha value is -8.64. The lowest BCUT2D eigenvalue weighted by molar-refractivity contribution is 0.192. The molecule has 1 spiro atoms. The molecule has 2 saturated carbocycles. The van der Waals surface area contributed by atoms with Gasteiger partial charge < -0.3 is 9.80 Å². The van der Waals surface area contributed by atoms with Gasteiger partial charge in [0, 0.05) is 22.2 Å². The largest absolute Gasteiger partial charge is 0.329 e. The van der Waals surface area contributed by atoms with E-state index in [2.05, 4.69) is 109 Å². The zero-order valence-electron chi connectivity index (χ0n) is 47.7. The highest BCUT2D eigenvalue weighted by Gasteiger charge is 2.61. The molecule has 0 bridgehead atoms. The van der Waals surface area contributed by atoms with Crippen molar-refractivity contribution in [3.05, 3.63) is 237 Å². The third kappa shape index (κ3) is 6.19. The number of fused-ring (bicyclic) bond motifs is 17. The first-order valence-electron chi connectivity index (χ1n) is 29.8. The topological polar surface area (TPSA) is 6.48 Å². The summed E-state index contributed by atoms with van der Waals surface area (Å²) in [6, 6.07) is 50.4. The first kappa shape index (κ1) is 52.7. The Labute approximate surface area is 494 Å². The zero-order valence-corrected chi connectivity index (χ0v) is 47.7. The van der Waals surface area contributed by atoms with Gasteiger partial charge in [-0.3, -0.25) is 0 Å². The molecule has 4 unspecified atom stereocenters. The lowest BCUT2D eigenvalue weighted by Crippen LogP contribution is -2.55. The van der Waals surface area contributed by atoms with Crippen molar-refractivity contribution in [3.8, 4) is 44.5 Å². The number of halogens is 10. The molecule has 432 valence electrons. The fourth-order valence-electron chi connectivity index (χ4n) is 17.9. The molecule has 2 fully saturated rings. The van der Waals surface area contributed by atoms with E-state index in [1.807, 2.05) is 52.0 Å². The lowest BCUT2D eigenvalue weighted by atomic mass is 9.61. The average molecular weight is 1170 g/mol. The first-order valence-corrected chi connectivity index (χ1v) is 29.8. The molecule has 87 heavy (non-hydrogen) atoms. The van der Waals surface area contributed by atoms with Crippen LogP contribution in [0.1, 0.15) is 112 Å². The van der Waals surface area contributed by atoms with Crippen LogP contribution < -0.4 is 9.80 Å². The molecule has 4 atom stereocenters. The van der Waals surface area contributed by atoms with Crippen LogP contribution in [0.2, 0.25) is 0 Å². The summed E-state index contributed by atoms with van der Waals surface area (Å²) in [6.45, 7) is 7.81. The second kappa shape index (κ2) is 17.3. The van der Waals surface area contributed by atoms with Crippen LogP contribution in [0, 0.1) is 58.2 Å². The standard InChI is InChI=1S/C75H52F10N2/c1-71-28-7-9-30-73(71,3)86(69-65(82)61(78)59(76)62(79)66(69)83)54-26-21-41(34-51(54)71)39-19-23-44-45-24-20-40(42-22-27-55-52(35-42)72(2)29-8-10-31-74(72,4)87(55)70-67(84)63(80)60(77)64(81)68(70)85)33-50(45)75(49(44)32-39)48-15-6-5-14-46(48)58-47-25-18-38-13-11-12-37-16-17-43(36-53(58)75)57(47)56(37)38/h5-6,11-27,32-36H,7-10,28-31H2,1-4H3. The second-order valence-electron chi connectivity index (χ2n) is 26.1. The first-order chi connectivity index (χ1) is 41.8. The summed E-state index contributed by atoms with van der Waals surface area (Å²) in [6.07, 6.45) is 5.08. The molecule has 11 aromatic rings. The maximum Gasteiger partial charge on any atom is 0.200 e. The van der Waals surface area contributed by atoms with Crippen LogP contribution in [0.4, 0.5) is 66.7 Å². The molecular formula is C75H52F10N2. The Kier molecular flexibility index (Phi) is 10.5. The van der Waals surface area contributed by atoms with Crippen molar-refractivity contribution in [2.24, 2.45) is 0 Å². The molecule has 6 aliphatic rings. The third-order valence-electron chi connectivity index (χ3n) is 22.5. The van der Waals surface area contributed by atoms with Gasteiger partial charge in [0.25, 0.3) is 0 Å². The van der Waals surface area contributed by atoms with E-state index in [4.69, 9.17) is 0 Å². The molecule has 12 heteroatoms. The maximum atomic E-state index is 16.1. The SMILES string of the molecule is CC12CCCCC1(C)N(c1c(F)c(F)c(F)c(F)c1F)c1ccc(-c3ccc4c(c3)C3(c5cc(-c6ccc7c(c6)C6(C)CCCCC6(C)N7c6c(F)c(F)c(F)c(F)c6F)ccc5-4)c4ccccc4-c4c3cc3ccc5cccc6ccc4c3c56)cc12. The fraction of sp³-hybridized carbons (Fsp3) is 0.227. The molecular weight excluding hydrogens is 1120 g/mol. The van der Waals surface area contributed by atoms with Crippen molar-refractivity contribution >= 4 is 55.1 Å². The molecule has 2 aliphatic heterocycles. The normalized spacial score (nSPS) is 23.8. The van der Waals surface area contributed by atoms with E-state index in [0.717, 1.165) is 112 Å². The molecule has 2 nitrogen and oxygen atoms in total. The third-order valence-corrected chi connectivity index (χ3v) is 22.5. The number of hydrogen-bond donors (Lipinski definition) is 0. The Morgan fingerprint density at radius 2 is 0.736 bits per heavy atom. The van der Waals surface area contributed by atoms with E-state index >= 15 is 35.1 Å². The van der Waals surface area contributed by atoms with Gasteiger partial charge in [-0.25, -0.2) is 43.9 Å². The molecule has 2 heterocycles. The monoisotopic (exact) mass is 1170 g/mol. The average Bonchev–Trinajstić information content (AvgIpc) is 1.56. The summed E-state index contributed by atoms with van der Waals surface area (Å²) in [5, 5.41) is 6.80. The Balaban J connectivity index is 0.893. The minimum atomic E-state index is -2.20. The smallest absolute Gasteiger partial charge is 0.200 e. The van der Waals surface area contributed by atoms with Gasteiger partial charge in [0.2, 0.25) is 11.6 Å². The Morgan fingerprint density at radius 1 is 0.322 bits per heavy atom. The maximum absolute atomic E-state index is 16.1. The summed E-state index contributed by atoms with van der Waals surface area (Å²) >= 11 is 0. The van der Waals surface area contributed by atoms with E-state index in [9.17, 15) is 8.78 Å². The number of hydrogen-bond acceptors (Lipinski definition) is 2. The summed E-state index contributed by atoms with van der Waals surface area (Å²) < 4.78 is 155. The van der Waals surface area contributed by atoms with Gasteiger partial charge in [0.1, 0.15) is 11.4 Å². The van der Waals surface area contributed by atoms with Crippen LogP contribution in [-0.2, 0) is 16.2 Å². The van der Waals surface area contributed by atoms with Crippen LogP contribution in [0.15, 0.2) is 146 Å². The van der Waals surface area contributed by atoms with Crippen molar-refractivity contribution in [3.63, 3.8) is 0 Å². The Bertz CT molecular complexity index is 4670. The van der Waals surface area contributed by atoms with Crippen LogP contribution in [0.3, 0.4) is 0 Å². The van der Waals surface area contributed by atoms with Crippen molar-refractivity contribution in [2.45, 2.75) is 106 Å². The molecule has 11 aromatic carbocycles. The van der Waals surface area contributed by atoms with Gasteiger partial charge in [-0.1, -0.05) is 143 Å². The zero-order chi connectivity index (χ0) is 59.9. The minimum absolute atomic E-state index is 0.383. The van der Waals surface area contributed by atoms with Gasteiger partial charge in [-0.15, -0.1) is 0 Å². The van der Waals surface area contributed by atoms with Gasteiger partial charge >= 0.3 is 0 Å². The van der Waals surface area contributed by atoms with Crippen LogP contribution >= 0.6 is 0 Å². The molecule has 0 amide bonds. The number of benzene rings is 11. The second-order valence-corrected chi connectivity index (χ2v) is 26.1. The fourth-order valence-corrected chi connectivity index (χ4v) is 17.9. The highest BCUT2D eigenvalue weighted by atomic mass is 19.2. The molecule has 17 rings (SSSR count). The van der Waals surface area contributed by atoms with Crippen molar-refractivity contribution in [1.82, 2.24) is 0 Å². The molecule has 0 N–H and O–H groups in total. The lowest BCUT2D eigenvalue weighted by Gasteiger charge is -2.50. The Morgan fingerprint density at radius 3 is 1.23 bits per heavy atom. The van der Waals surface area contributed by atoms with E-state index in [1.54, 1.807) is 12.1 Å². The number of nitrogens with zero attached hydrogens (tertiary/aromatic N) is 2. The highest BCUT2D eigenvalue weighted by Crippen LogP contribution is 2.68. The predicted molar refractivity (Wildman–Crippen MR) is 323 cm³/mol. The summed E-state index contributed by atoms with van der Waals surface area (Å²) in [5.41, 5.74) is 7.42. The van der Waals surface area contributed by atoms with E-state index in [-0.39, 0.29) is 0 Å². The quantitative estimate of drug-likeness (QED) is 0.0750. The van der Waals surface area contributed by atoms with Gasteiger partial charge in [-0.05, 0) is 192 Å². The van der Waals surface area contributed by atoms with Crippen molar-refractivity contribution in [2.75, 3.05) is 9.80 Å². The van der Waals surface area contributed by atoms with E-state index in [1.165, 1.54) is 20.6 Å².